The van der Waals surface area contributed by atoms with Gasteiger partial charge in [-0.1, -0.05) is 13.3 Å². The first-order chi connectivity index (χ1) is 5.36. The van der Waals surface area contributed by atoms with Crippen molar-refractivity contribution in [2.45, 2.75) is 26.3 Å². The highest BCUT2D eigenvalue weighted by Crippen LogP contribution is 1.98. The molecule has 1 aromatic rings. The van der Waals surface area contributed by atoms with E-state index in [0.29, 0.717) is 12.4 Å². The van der Waals surface area contributed by atoms with Gasteiger partial charge in [-0.25, -0.2) is 9.97 Å². The largest absolute Gasteiger partial charge is 0.324 e. The molecule has 3 heteroatoms. The van der Waals surface area contributed by atoms with E-state index in [1.165, 1.54) is 5.56 Å². The van der Waals surface area contributed by atoms with Crippen molar-refractivity contribution in [2.75, 3.05) is 0 Å². The minimum Gasteiger partial charge on any atom is -0.324 e. The third-order valence-electron chi connectivity index (χ3n) is 1.48. The van der Waals surface area contributed by atoms with Crippen molar-refractivity contribution in [1.82, 2.24) is 9.97 Å². The van der Waals surface area contributed by atoms with Crippen molar-refractivity contribution in [3.05, 3.63) is 23.8 Å². The lowest BCUT2D eigenvalue weighted by Crippen LogP contribution is -2.02. The average Bonchev–Trinajstić information content (AvgIpc) is 2.07. The first-order valence-electron chi connectivity index (χ1n) is 3.86. The second-order valence-corrected chi connectivity index (χ2v) is 2.46. The Kier molecular flexibility index (Phi) is 2.98. The minimum atomic E-state index is 0.423. The normalized spacial score (nSPS) is 10.0. The highest BCUT2D eigenvalue weighted by molar-refractivity contribution is 5.04. The van der Waals surface area contributed by atoms with Crippen LogP contribution in [0.1, 0.15) is 24.7 Å². The van der Waals surface area contributed by atoms with Gasteiger partial charge in [-0.05, 0) is 12.0 Å². The Morgan fingerprint density at radius 2 is 2.00 bits per heavy atom. The fraction of sp³-hybridized carbons (Fsp3) is 0.500. The SMILES string of the molecule is CCCc1cnc(CN)nc1. The Hall–Kier alpha value is -0.960. The maximum absolute atomic E-state index is 5.35. The van der Waals surface area contributed by atoms with Gasteiger partial charge in [-0.15, -0.1) is 0 Å². The van der Waals surface area contributed by atoms with E-state index >= 15 is 0 Å². The molecule has 0 saturated heterocycles. The first kappa shape index (κ1) is 8.14. The molecule has 0 fully saturated rings. The van der Waals surface area contributed by atoms with Crippen molar-refractivity contribution in [3.63, 3.8) is 0 Å². The molecule has 1 heterocycles. The second-order valence-electron chi connectivity index (χ2n) is 2.46. The van der Waals surface area contributed by atoms with Crippen LogP contribution in [-0.4, -0.2) is 9.97 Å². The molecule has 1 rings (SSSR count). The quantitative estimate of drug-likeness (QED) is 0.698. The predicted octanol–water partition coefficient (Wildman–Crippen LogP) is 0.888. The maximum Gasteiger partial charge on any atom is 0.141 e. The molecule has 11 heavy (non-hydrogen) atoms. The molecule has 60 valence electrons. The van der Waals surface area contributed by atoms with Crippen LogP contribution in [0.4, 0.5) is 0 Å². The predicted molar refractivity (Wildman–Crippen MR) is 43.9 cm³/mol. The van der Waals surface area contributed by atoms with E-state index in [0.717, 1.165) is 12.8 Å². The van der Waals surface area contributed by atoms with Crippen LogP contribution in [0.2, 0.25) is 0 Å². The Morgan fingerprint density at radius 3 is 2.45 bits per heavy atom. The summed E-state index contributed by atoms with van der Waals surface area (Å²) in [7, 11) is 0. The molecule has 0 aliphatic carbocycles. The smallest absolute Gasteiger partial charge is 0.141 e. The Bertz CT molecular complexity index is 205. The summed E-state index contributed by atoms with van der Waals surface area (Å²) < 4.78 is 0. The summed E-state index contributed by atoms with van der Waals surface area (Å²) in [5, 5.41) is 0. The fourth-order valence-electron chi connectivity index (χ4n) is 0.905. The van der Waals surface area contributed by atoms with Gasteiger partial charge in [0.15, 0.2) is 0 Å². The topological polar surface area (TPSA) is 51.8 Å². The van der Waals surface area contributed by atoms with Crippen LogP contribution in [0.3, 0.4) is 0 Å². The standard InChI is InChI=1S/C8H13N3/c1-2-3-7-5-10-8(4-9)11-6-7/h5-6H,2-4,9H2,1H3. The summed E-state index contributed by atoms with van der Waals surface area (Å²) in [4.78, 5) is 8.16. The summed E-state index contributed by atoms with van der Waals surface area (Å²) in [5.41, 5.74) is 6.53. The number of hydrogen-bond acceptors (Lipinski definition) is 3. The van der Waals surface area contributed by atoms with Crippen LogP contribution in [0.25, 0.3) is 0 Å². The zero-order valence-corrected chi connectivity index (χ0v) is 6.75. The summed E-state index contributed by atoms with van der Waals surface area (Å²) >= 11 is 0. The zero-order valence-electron chi connectivity index (χ0n) is 6.75. The van der Waals surface area contributed by atoms with Crippen LogP contribution in [0.15, 0.2) is 12.4 Å². The van der Waals surface area contributed by atoms with Crippen molar-refractivity contribution >= 4 is 0 Å². The van der Waals surface area contributed by atoms with Gasteiger partial charge >= 0.3 is 0 Å². The van der Waals surface area contributed by atoms with Gasteiger partial charge in [0.05, 0.1) is 6.54 Å². The molecule has 2 N–H and O–H groups in total. The molecule has 0 aliphatic rings. The van der Waals surface area contributed by atoms with Gasteiger partial charge in [-0.3, -0.25) is 0 Å². The van der Waals surface area contributed by atoms with Crippen molar-refractivity contribution in [3.8, 4) is 0 Å². The average molecular weight is 151 g/mol. The van der Waals surface area contributed by atoms with Gasteiger partial charge in [0.1, 0.15) is 5.82 Å². The lowest BCUT2D eigenvalue weighted by atomic mass is 10.2. The molecule has 0 atom stereocenters. The molecule has 0 radical (unpaired) electrons. The lowest BCUT2D eigenvalue weighted by Gasteiger charge is -1.97. The minimum absolute atomic E-state index is 0.423. The summed E-state index contributed by atoms with van der Waals surface area (Å²) in [6.07, 6.45) is 5.87. The molecule has 0 spiro atoms. The van der Waals surface area contributed by atoms with Crippen molar-refractivity contribution in [1.29, 1.82) is 0 Å². The van der Waals surface area contributed by atoms with E-state index in [-0.39, 0.29) is 0 Å². The number of aryl methyl sites for hydroxylation is 1. The second kappa shape index (κ2) is 4.03. The van der Waals surface area contributed by atoms with Crippen molar-refractivity contribution < 1.29 is 0 Å². The fourth-order valence-corrected chi connectivity index (χ4v) is 0.905. The van der Waals surface area contributed by atoms with Crippen LogP contribution in [0.5, 0.6) is 0 Å². The van der Waals surface area contributed by atoms with Crippen LogP contribution in [0, 0.1) is 0 Å². The van der Waals surface area contributed by atoms with E-state index in [2.05, 4.69) is 16.9 Å². The molecule has 0 unspecified atom stereocenters. The van der Waals surface area contributed by atoms with Crippen molar-refractivity contribution in [2.24, 2.45) is 5.73 Å². The summed E-state index contributed by atoms with van der Waals surface area (Å²) in [6.45, 7) is 2.56. The Balaban J connectivity index is 2.66. The van der Waals surface area contributed by atoms with Crippen LogP contribution >= 0.6 is 0 Å². The van der Waals surface area contributed by atoms with Gasteiger partial charge in [0, 0.05) is 12.4 Å². The molecule has 0 aliphatic heterocycles. The van der Waals surface area contributed by atoms with E-state index in [4.69, 9.17) is 5.73 Å². The maximum atomic E-state index is 5.35. The molecule has 0 bridgehead atoms. The number of nitrogens with two attached hydrogens (primary N) is 1. The van der Waals surface area contributed by atoms with E-state index < -0.39 is 0 Å². The summed E-state index contributed by atoms with van der Waals surface area (Å²) in [6, 6.07) is 0. The zero-order chi connectivity index (χ0) is 8.10. The Morgan fingerprint density at radius 1 is 1.36 bits per heavy atom. The molecular formula is C8H13N3. The van der Waals surface area contributed by atoms with Gasteiger partial charge in [-0.2, -0.15) is 0 Å². The van der Waals surface area contributed by atoms with E-state index in [1.807, 2.05) is 12.4 Å². The lowest BCUT2D eigenvalue weighted by molar-refractivity contribution is 0.857. The molecule has 0 amide bonds. The van der Waals surface area contributed by atoms with Crippen LogP contribution < -0.4 is 5.73 Å². The van der Waals surface area contributed by atoms with E-state index in [9.17, 15) is 0 Å². The number of rotatable bonds is 3. The number of aromatic nitrogens is 2. The number of nitrogens with zero attached hydrogens (tertiary/aromatic N) is 2. The molecular weight excluding hydrogens is 138 g/mol. The first-order valence-corrected chi connectivity index (χ1v) is 3.86. The van der Waals surface area contributed by atoms with Gasteiger partial charge in [0.25, 0.3) is 0 Å². The highest BCUT2D eigenvalue weighted by atomic mass is 14.9. The van der Waals surface area contributed by atoms with E-state index in [1.54, 1.807) is 0 Å². The molecule has 0 aromatic carbocycles. The summed E-state index contributed by atoms with van der Waals surface area (Å²) in [5.74, 6) is 0.713. The molecule has 1 aromatic heterocycles. The monoisotopic (exact) mass is 151 g/mol. The van der Waals surface area contributed by atoms with Gasteiger partial charge < -0.3 is 5.73 Å². The third-order valence-corrected chi connectivity index (χ3v) is 1.48. The third kappa shape index (κ3) is 2.27. The Labute approximate surface area is 66.7 Å². The highest BCUT2D eigenvalue weighted by Gasteiger charge is 1.93. The van der Waals surface area contributed by atoms with Gasteiger partial charge in [0.2, 0.25) is 0 Å². The molecule has 3 nitrogen and oxygen atoms in total. The van der Waals surface area contributed by atoms with Crippen LogP contribution in [-0.2, 0) is 13.0 Å². The molecule has 0 saturated carbocycles. The number of hydrogen-bond donors (Lipinski definition) is 1.